The molecule has 0 aliphatic carbocycles. The summed E-state index contributed by atoms with van der Waals surface area (Å²) < 4.78 is 0. The molecular weight excluding hydrogens is 168 g/mol. The molecule has 0 saturated carbocycles. The summed E-state index contributed by atoms with van der Waals surface area (Å²) in [5.41, 5.74) is 0.582. The summed E-state index contributed by atoms with van der Waals surface area (Å²) in [6.07, 6.45) is 3.56. The number of nitriles is 1. The standard InChI is InChI=1S/C8H10N4O/c1-2-6(3-9)8(13)12-7-4-10-11-5-7/h4-6H,2H2,1H3,(H,10,11)(H,12,13). The van der Waals surface area contributed by atoms with E-state index in [2.05, 4.69) is 15.5 Å². The molecule has 1 rings (SSSR count). The van der Waals surface area contributed by atoms with Gasteiger partial charge in [0.05, 0.1) is 18.0 Å². The third-order valence-electron chi connectivity index (χ3n) is 1.65. The van der Waals surface area contributed by atoms with Crippen LogP contribution in [0.2, 0.25) is 0 Å². The molecule has 13 heavy (non-hydrogen) atoms. The molecule has 0 fully saturated rings. The van der Waals surface area contributed by atoms with Crippen molar-refractivity contribution in [3.63, 3.8) is 0 Å². The number of aromatic amines is 1. The lowest BCUT2D eigenvalue weighted by Crippen LogP contribution is -2.20. The van der Waals surface area contributed by atoms with Gasteiger partial charge in [0.25, 0.3) is 0 Å². The van der Waals surface area contributed by atoms with E-state index in [1.54, 1.807) is 13.1 Å². The highest BCUT2D eigenvalue weighted by atomic mass is 16.1. The highest BCUT2D eigenvalue weighted by molar-refractivity contribution is 5.93. The van der Waals surface area contributed by atoms with Crippen LogP contribution in [-0.4, -0.2) is 16.1 Å². The van der Waals surface area contributed by atoms with Gasteiger partial charge in [-0.05, 0) is 6.42 Å². The highest BCUT2D eigenvalue weighted by Gasteiger charge is 2.15. The van der Waals surface area contributed by atoms with Crippen molar-refractivity contribution in [3.8, 4) is 6.07 Å². The summed E-state index contributed by atoms with van der Waals surface area (Å²) in [6.45, 7) is 1.79. The SMILES string of the molecule is CCC(C#N)C(=O)Nc1cn[nH]c1. The molecule has 5 heteroatoms. The summed E-state index contributed by atoms with van der Waals surface area (Å²) in [5.74, 6) is -0.874. The monoisotopic (exact) mass is 178 g/mol. The average molecular weight is 178 g/mol. The van der Waals surface area contributed by atoms with E-state index in [0.717, 1.165) is 0 Å². The van der Waals surface area contributed by atoms with Gasteiger partial charge < -0.3 is 5.32 Å². The maximum absolute atomic E-state index is 11.3. The summed E-state index contributed by atoms with van der Waals surface area (Å²) in [4.78, 5) is 11.3. The van der Waals surface area contributed by atoms with Crippen LogP contribution < -0.4 is 5.32 Å². The fraction of sp³-hybridized carbons (Fsp3) is 0.375. The van der Waals surface area contributed by atoms with Crippen LogP contribution in [0.25, 0.3) is 0 Å². The molecule has 0 spiro atoms. The maximum Gasteiger partial charge on any atom is 0.241 e. The quantitative estimate of drug-likeness (QED) is 0.721. The van der Waals surface area contributed by atoms with Gasteiger partial charge in [-0.25, -0.2) is 0 Å². The van der Waals surface area contributed by atoms with Crippen molar-refractivity contribution in [2.45, 2.75) is 13.3 Å². The number of nitrogens with zero attached hydrogens (tertiary/aromatic N) is 2. The first-order valence-corrected chi connectivity index (χ1v) is 3.97. The number of rotatable bonds is 3. The second kappa shape index (κ2) is 4.26. The van der Waals surface area contributed by atoms with Crippen LogP contribution in [0.1, 0.15) is 13.3 Å². The molecule has 1 aromatic rings. The van der Waals surface area contributed by atoms with Gasteiger partial charge in [-0.3, -0.25) is 9.89 Å². The Hall–Kier alpha value is -1.83. The molecule has 0 aromatic carbocycles. The Bertz CT molecular complexity index is 311. The smallest absolute Gasteiger partial charge is 0.241 e. The Labute approximate surface area is 75.8 Å². The molecule has 0 saturated heterocycles. The maximum atomic E-state index is 11.3. The van der Waals surface area contributed by atoms with E-state index in [1.807, 2.05) is 6.07 Å². The van der Waals surface area contributed by atoms with Crippen molar-refractivity contribution in [1.82, 2.24) is 10.2 Å². The zero-order valence-electron chi connectivity index (χ0n) is 7.24. The van der Waals surface area contributed by atoms with Crippen LogP contribution >= 0.6 is 0 Å². The fourth-order valence-corrected chi connectivity index (χ4v) is 0.884. The number of hydrogen-bond donors (Lipinski definition) is 2. The van der Waals surface area contributed by atoms with Crippen LogP contribution in [0.3, 0.4) is 0 Å². The first-order valence-electron chi connectivity index (χ1n) is 3.97. The molecular formula is C8H10N4O. The van der Waals surface area contributed by atoms with Crippen molar-refractivity contribution in [2.75, 3.05) is 5.32 Å². The highest BCUT2D eigenvalue weighted by Crippen LogP contribution is 2.07. The van der Waals surface area contributed by atoms with E-state index in [1.165, 1.54) is 6.20 Å². The number of nitrogens with one attached hydrogen (secondary N) is 2. The molecule has 2 N–H and O–H groups in total. The minimum atomic E-state index is -0.588. The minimum Gasteiger partial charge on any atom is -0.322 e. The van der Waals surface area contributed by atoms with Gasteiger partial charge in [0, 0.05) is 6.20 Å². The van der Waals surface area contributed by atoms with Crippen LogP contribution in [0, 0.1) is 17.2 Å². The minimum absolute atomic E-state index is 0.286. The summed E-state index contributed by atoms with van der Waals surface area (Å²) in [5, 5.41) is 17.4. The van der Waals surface area contributed by atoms with Gasteiger partial charge in [0.15, 0.2) is 0 Å². The lowest BCUT2D eigenvalue weighted by molar-refractivity contribution is -0.118. The molecule has 5 nitrogen and oxygen atoms in total. The molecule has 1 unspecified atom stereocenters. The van der Waals surface area contributed by atoms with E-state index in [4.69, 9.17) is 5.26 Å². The first-order chi connectivity index (χ1) is 6.27. The largest absolute Gasteiger partial charge is 0.322 e. The summed E-state index contributed by atoms with van der Waals surface area (Å²) >= 11 is 0. The molecule has 1 heterocycles. The Morgan fingerprint density at radius 1 is 1.92 bits per heavy atom. The molecule has 1 aromatic heterocycles. The molecule has 1 amide bonds. The number of carbonyl (C=O) groups excluding carboxylic acids is 1. The van der Waals surface area contributed by atoms with Gasteiger partial charge in [-0.15, -0.1) is 0 Å². The molecule has 0 aliphatic heterocycles. The van der Waals surface area contributed by atoms with Crippen LogP contribution in [0.15, 0.2) is 12.4 Å². The molecule has 0 bridgehead atoms. The second-order valence-corrected chi connectivity index (χ2v) is 2.57. The molecule has 68 valence electrons. The third kappa shape index (κ3) is 2.30. The molecule has 0 radical (unpaired) electrons. The predicted octanol–water partition coefficient (Wildman–Crippen LogP) is 0.898. The van der Waals surface area contributed by atoms with Crippen molar-refractivity contribution >= 4 is 11.6 Å². The zero-order valence-corrected chi connectivity index (χ0v) is 7.24. The summed E-state index contributed by atoms with van der Waals surface area (Å²) in [7, 11) is 0. The van der Waals surface area contributed by atoms with E-state index < -0.39 is 5.92 Å². The first kappa shape index (κ1) is 9.26. The number of H-pyrrole nitrogens is 1. The Balaban J connectivity index is 2.56. The van der Waals surface area contributed by atoms with Crippen molar-refractivity contribution < 1.29 is 4.79 Å². The lowest BCUT2D eigenvalue weighted by Gasteiger charge is -2.04. The van der Waals surface area contributed by atoms with Crippen molar-refractivity contribution in [1.29, 1.82) is 5.26 Å². The van der Waals surface area contributed by atoms with Gasteiger partial charge >= 0.3 is 0 Å². The van der Waals surface area contributed by atoms with Crippen LogP contribution in [0.4, 0.5) is 5.69 Å². The summed E-state index contributed by atoms with van der Waals surface area (Å²) in [6, 6.07) is 1.92. The van der Waals surface area contributed by atoms with Gasteiger partial charge in [-0.2, -0.15) is 10.4 Å². The van der Waals surface area contributed by atoms with Crippen LogP contribution in [0.5, 0.6) is 0 Å². The molecule has 1 atom stereocenters. The third-order valence-corrected chi connectivity index (χ3v) is 1.65. The van der Waals surface area contributed by atoms with E-state index in [9.17, 15) is 4.79 Å². The van der Waals surface area contributed by atoms with E-state index >= 15 is 0 Å². The van der Waals surface area contributed by atoms with Crippen molar-refractivity contribution in [3.05, 3.63) is 12.4 Å². The number of amides is 1. The van der Waals surface area contributed by atoms with Gasteiger partial charge in [0.2, 0.25) is 5.91 Å². The Kier molecular flexibility index (Phi) is 3.03. The number of hydrogen-bond acceptors (Lipinski definition) is 3. The average Bonchev–Trinajstić information content (AvgIpc) is 2.59. The normalized spacial score (nSPS) is 11.7. The predicted molar refractivity (Wildman–Crippen MR) is 46.6 cm³/mol. The molecule has 0 aliphatic rings. The Morgan fingerprint density at radius 2 is 2.69 bits per heavy atom. The zero-order chi connectivity index (χ0) is 9.68. The number of aromatic nitrogens is 2. The van der Waals surface area contributed by atoms with Gasteiger partial charge in [0.1, 0.15) is 5.92 Å². The number of anilines is 1. The van der Waals surface area contributed by atoms with E-state index in [-0.39, 0.29) is 5.91 Å². The van der Waals surface area contributed by atoms with Crippen molar-refractivity contribution in [2.24, 2.45) is 5.92 Å². The topological polar surface area (TPSA) is 81.6 Å². The second-order valence-electron chi connectivity index (χ2n) is 2.57. The van der Waals surface area contributed by atoms with Gasteiger partial charge in [-0.1, -0.05) is 6.92 Å². The Morgan fingerprint density at radius 3 is 3.15 bits per heavy atom. The number of carbonyl (C=O) groups is 1. The fourth-order valence-electron chi connectivity index (χ4n) is 0.884. The lowest BCUT2D eigenvalue weighted by atomic mass is 10.1. The van der Waals surface area contributed by atoms with Crippen LogP contribution in [-0.2, 0) is 4.79 Å². The van der Waals surface area contributed by atoms with E-state index in [0.29, 0.717) is 12.1 Å².